The Morgan fingerprint density at radius 1 is 0.690 bits per heavy atom. The van der Waals surface area contributed by atoms with Gasteiger partial charge in [0.2, 0.25) is 0 Å². The van der Waals surface area contributed by atoms with E-state index in [1.807, 2.05) is 59.8 Å². The number of phosphoric acid groups is 1. The summed E-state index contributed by atoms with van der Waals surface area (Å²) < 4.78 is 8.55. The first-order chi connectivity index (χ1) is 13.3. The van der Waals surface area contributed by atoms with Crippen molar-refractivity contribution in [1.29, 1.82) is 0 Å². The molecule has 0 aliphatic carbocycles. The van der Waals surface area contributed by atoms with E-state index in [1.54, 1.807) is 0 Å². The van der Waals surface area contributed by atoms with Crippen molar-refractivity contribution in [2.75, 3.05) is 18.5 Å². The molecule has 0 radical (unpaired) electrons. The van der Waals surface area contributed by atoms with Crippen LogP contribution in [0.25, 0.3) is 0 Å². The van der Waals surface area contributed by atoms with E-state index in [-0.39, 0.29) is 18.3 Å². The summed E-state index contributed by atoms with van der Waals surface area (Å²) in [5, 5.41) is 26.3. The Kier molecular flexibility index (Phi) is 36.2. The maximum atomic E-state index is 8.77. The van der Waals surface area contributed by atoms with Crippen molar-refractivity contribution in [1.82, 2.24) is 0 Å². The van der Waals surface area contributed by atoms with Crippen molar-refractivity contribution in [2.24, 2.45) is 0 Å². The fourth-order valence-electron chi connectivity index (χ4n) is 1.23. The van der Waals surface area contributed by atoms with Crippen LogP contribution in [0.2, 0.25) is 0 Å². The molecule has 0 bridgehead atoms. The van der Waals surface area contributed by atoms with Gasteiger partial charge in [-0.1, -0.05) is 18.2 Å². The van der Waals surface area contributed by atoms with Crippen LogP contribution in [0.1, 0.15) is 41.5 Å². The molecule has 6 unspecified atom stereocenters. The summed E-state index contributed by atoms with van der Waals surface area (Å²) in [7, 11) is -4.32. The van der Waals surface area contributed by atoms with E-state index in [4.69, 9.17) is 34.6 Å². The van der Waals surface area contributed by atoms with Crippen LogP contribution in [-0.4, -0.2) is 52.1 Å². The first kappa shape index (κ1) is 36.8. The van der Waals surface area contributed by atoms with Gasteiger partial charge in [0, 0.05) is 43.2 Å². The minimum absolute atomic E-state index is 0.110. The second-order valence-electron chi connectivity index (χ2n) is 5.99. The Balaban J connectivity index is -0.000000146. The number of allylic oxidation sites excluding steroid dienone is 3. The summed E-state index contributed by atoms with van der Waals surface area (Å²) in [6, 6.07) is 0. The molecule has 176 valence electrons. The highest BCUT2D eigenvalue weighted by molar-refractivity contribution is 7.42. The highest BCUT2D eigenvalue weighted by Crippen LogP contribution is 2.13. The summed E-state index contributed by atoms with van der Waals surface area (Å²) in [5.41, 5.74) is 0. The van der Waals surface area contributed by atoms with Crippen molar-refractivity contribution in [2.45, 2.75) is 59.9 Å². The van der Waals surface area contributed by atoms with Crippen molar-refractivity contribution in [3.05, 3.63) is 35.7 Å². The van der Waals surface area contributed by atoms with E-state index in [1.165, 1.54) is 0 Å². The molecule has 0 aliphatic heterocycles. The molecule has 0 aromatic heterocycles. The number of aliphatic hydroxyl groups is 3. The number of hydrogen-bond donors (Lipinski definition) is 3. The van der Waals surface area contributed by atoms with Gasteiger partial charge in [0.25, 0.3) is 0 Å². The lowest BCUT2D eigenvalue weighted by Crippen LogP contribution is -2.24. The summed E-state index contributed by atoms with van der Waals surface area (Å²) in [5.74, 6) is 6.44. The molecule has 0 aliphatic rings. The van der Waals surface area contributed by atoms with Crippen molar-refractivity contribution >= 4 is 33.6 Å². The summed E-state index contributed by atoms with van der Waals surface area (Å²) in [4.78, 5) is 25.6. The van der Waals surface area contributed by atoms with E-state index in [0.29, 0.717) is 25.7 Å². The standard InChI is InChI=1S/3C6H13OP.H3O4P/c3*1-3-4-8-5-6(2)7;1-5(2,3)4/h3*3-4,6-8H,5H2,1-2H3;(H3,1,2,3,4). The zero-order valence-corrected chi connectivity index (χ0v) is 22.8. The smallest absolute Gasteiger partial charge is 0.0847 e. The lowest BCUT2D eigenvalue weighted by Gasteiger charge is -2.36. The van der Waals surface area contributed by atoms with Crippen LogP contribution in [0.5, 0.6) is 0 Å². The quantitative estimate of drug-likeness (QED) is 0.407. The van der Waals surface area contributed by atoms with Gasteiger partial charge >= 0.3 is 0 Å². The second-order valence-corrected chi connectivity index (χ2v) is 10.9. The van der Waals surface area contributed by atoms with Crippen molar-refractivity contribution in [3.63, 3.8) is 0 Å². The van der Waals surface area contributed by atoms with E-state index in [0.717, 1.165) is 18.5 Å². The average Bonchev–Trinajstić information content (AvgIpc) is 2.54. The van der Waals surface area contributed by atoms with Crippen molar-refractivity contribution < 1.29 is 34.6 Å². The Morgan fingerprint density at radius 3 is 0.966 bits per heavy atom. The fourth-order valence-corrected chi connectivity index (χ4v) is 3.70. The van der Waals surface area contributed by atoms with E-state index in [2.05, 4.69) is 17.5 Å². The number of rotatable bonds is 9. The van der Waals surface area contributed by atoms with Gasteiger partial charge in [-0.3, -0.25) is 0 Å². The molecule has 0 fully saturated rings. The SMILES string of the molecule is CC=C[PH2+]CC(C)O.CC=C[PH2+]CC(C)O.CC=C[PH2+]CC(C)O.O=P([O-])([O-])[O-]. The molecule has 0 aromatic carbocycles. The van der Waals surface area contributed by atoms with Crippen molar-refractivity contribution in [3.8, 4) is 0 Å². The Labute approximate surface area is 182 Å². The molecule has 11 heteroatoms. The summed E-state index contributed by atoms with van der Waals surface area (Å²) in [6.07, 6.45) is 8.68. The van der Waals surface area contributed by atoms with Gasteiger partial charge < -0.3 is 34.6 Å². The van der Waals surface area contributed by atoms with Gasteiger partial charge in [-0.25, -0.2) is 0 Å². The average molecular weight is 494 g/mol. The predicted molar refractivity (Wildman–Crippen MR) is 131 cm³/mol. The number of aliphatic hydroxyl groups excluding tert-OH is 3. The van der Waals surface area contributed by atoms with Gasteiger partial charge in [0.1, 0.15) is 0 Å². The Hall–Kier alpha value is 0.500. The molecular formula is C18H42O7P4. The van der Waals surface area contributed by atoms with E-state index < -0.39 is 7.82 Å². The van der Waals surface area contributed by atoms with Crippen LogP contribution in [-0.2, 0) is 4.57 Å². The van der Waals surface area contributed by atoms with Crippen LogP contribution < -0.4 is 14.7 Å². The van der Waals surface area contributed by atoms with Gasteiger partial charge in [-0.15, -0.1) is 0 Å². The zero-order chi connectivity index (χ0) is 23.7. The van der Waals surface area contributed by atoms with Crippen LogP contribution >= 0.6 is 33.6 Å². The lowest BCUT2D eigenvalue weighted by molar-refractivity contribution is -0.432. The second kappa shape index (κ2) is 28.5. The topological polar surface area (TPSA) is 147 Å². The first-order valence-electron chi connectivity index (χ1n) is 9.42. The molecular weight excluding hydrogens is 452 g/mol. The first-order valence-corrected chi connectivity index (χ1v) is 15.3. The molecule has 7 nitrogen and oxygen atoms in total. The van der Waals surface area contributed by atoms with E-state index in [9.17, 15) is 0 Å². The largest absolute Gasteiger partial charge is 0.822 e. The van der Waals surface area contributed by atoms with Gasteiger partial charge in [-0.2, -0.15) is 7.82 Å². The zero-order valence-electron chi connectivity index (χ0n) is 18.5. The Bertz CT molecular complexity index is 378. The maximum Gasteiger partial charge on any atom is 0.0847 e. The number of hydrogen-bond acceptors (Lipinski definition) is 7. The molecule has 0 saturated heterocycles. The van der Waals surface area contributed by atoms with Gasteiger partial charge in [0.15, 0.2) is 0 Å². The molecule has 0 amide bonds. The fraction of sp³-hybridized carbons (Fsp3) is 0.667. The third kappa shape index (κ3) is 83.3. The Morgan fingerprint density at radius 2 is 0.862 bits per heavy atom. The van der Waals surface area contributed by atoms with E-state index >= 15 is 0 Å². The molecule has 3 N–H and O–H groups in total. The molecule has 6 atom stereocenters. The van der Waals surface area contributed by atoms with Crippen LogP contribution in [0.15, 0.2) is 35.7 Å². The van der Waals surface area contributed by atoms with Crippen LogP contribution in [0.4, 0.5) is 0 Å². The van der Waals surface area contributed by atoms with Gasteiger partial charge in [0.05, 0.1) is 36.8 Å². The monoisotopic (exact) mass is 494 g/mol. The third-order valence-corrected chi connectivity index (χ3v) is 7.25. The maximum absolute atomic E-state index is 8.77. The predicted octanol–water partition coefficient (Wildman–Crippen LogP) is 1.11. The minimum Gasteiger partial charge on any atom is -0.822 e. The van der Waals surface area contributed by atoms with Crippen LogP contribution in [0.3, 0.4) is 0 Å². The van der Waals surface area contributed by atoms with Crippen LogP contribution in [0, 0.1) is 0 Å². The molecule has 0 spiro atoms. The molecule has 0 heterocycles. The molecule has 0 aromatic rings. The third-order valence-electron chi connectivity index (χ3n) is 2.42. The highest BCUT2D eigenvalue weighted by atomic mass is 31.2. The van der Waals surface area contributed by atoms with Gasteiger partial charge in [-0.05, 0) is 41.5 Å². The summed E-state index contributed by atoms with van der Waals surface area (Å²) in [6.45, 7) is 11.5. The minimum atomic E-state index is -5.39. The molecule has 0 saturated carbocycles. The summed E-state index contributed by atoms with van der Waals surface area (Å²) >= 11 is 0. The normalized spacial score (nSPS) is 15.6. The highest BCUT2D eigenvalue weighted by Gasteiger charge is 1.96. The molecule has 0 rings (SSSR count). The molecule has 29 heavy (non-hydrogen) atoms. The lowest BCUT2D eigenvalue weighted by atomic mass is 10.5.